The molecule has 25 heavy (non-hydrogen) atoms. The first kappa shape index (κ1) is 17.7. The lowest BCUT2D eigenvalue weighted by molar-refractivity contribution is -0.141. The number of hydrogen-bond acceptors (Lipinski definition) is 3. The highest BCUT2D eigenvalue weighted by molar-refractivity contribution is 5.80. The fourth-order valence-electron chi connectivity index (χ4n) is 3.93. The Morgan fingerprint density at radius 2 is 1.80 bits per heavy atom. The van der Waals surface area contributed by atoms with Crippen LogP contribution < -0.4 is 5.73 Å². The summed E-state index contributed by atoms with van der Waals surface area (Å²) in [6, 6.07) is 9.52. The molecule has 3 rings (SSSR count). The number of piperidine rings is 2. The molecule has 2 saturated heterocycles. The molecular formula is C19H27N3O3. The van der Waals surface area contributed by atoms with Gasteiger partial charge in [-0.25, -0.2) is 4.79 Å². The van der Waals surface area contributed by atoms with Crippen LogP contribution in [0.1, 0.15) is 31.2 Å². The van der Waals surface area contributed by atoms with Crippen molar-refractivity contribution in [1.29, 1.82) is 0 Å². The van der Waals surface area contributed by atoms with E-state index in [9.17, 15) is 14.7 Å². The predicted molar refractivity (Wildman–Crippen MR) is 94.8 cm³/mol. The Balaban J connectivity index is 1.54. The van der Waals surface area contributed by atoms with Crippen LogP contribution in [-0.2, 0) is 11.2 Å². The summed E-state index contributed by atoms with van der Waals surface area (Å²) in [7, 11) is 0. The van der Waals surface area contributed by atoms with Crippen LogP contribution in [-0.4, -0.2) is 58.6 Å². The topological polar surface area (TPSA) is 86.9 Å². The summed E-state index contributed by atoms with van der Waals surface area (Å²) in [4.78, 5) is 27.5. The van der Waals surface area contributed by atoms with E-state index in [-0.39, 0.29) is 11.8 Å². The van der Waals surface area contributed by atoms with Crippen molar-refractivity contribution >= 4 is 11.9 Å². The fraction of sp³-hybridized carbons (Fsp3) is 0.579. The molecule has 3 N–H and O–H groups in total. The summed E-state index contributed by atoms with van der Waals surface area (Å²) in [5, 5.41) is 10.8. The Morgan fingerprint density at radius 3 is 2.44 bits per heavy atom. The van der Waals surface area contributed by atoms with E-state index in [1.807, 2.05) is 35.2 Å². The number of amides is 3. The van der Waals surface area contributed by atoms with Crippen molar-refractivity contribution in [2.75, 3.05) is 26.2 Å². The molecule has 0 bridgehead atoms. The maximum atomic E-state index is 12.8. The Labute approximate surface area is 148 Å². The van der Waals surface area contributed by atoms with Crippen molar-refractivity contribution in [2.45, 2.75) is 37.7 Å². The van der Waals surface area contributed by atoms with Gasteiger partial charge in [0.05, 0.1) is 11.5 Å². The lowest BCUT2D eigenvalue weighted by Crippen LogP contribution is -2.52. The van der Waals surface area contributed by atoms with Gasteiger partial charge < -0.3 is 20.6 Å². The van der Waals surface area contributed by atoms with Crippen LogP contribution in [0.15, 0.2) is 30.3 Å². The first-order valence-corrected chi connectivity index (χ1v) is 9.06. The van der Waals surface area contributed by atoms with E-state index in [0.717, 1.165) is 18.4 Å². The highest BCUT2D eigenvalue weighted by Crippen LogP contribution is 2.28. The van der Waals surface area contributed by atoms with E-state index >= 15 is 0 Å². The standard InChI is InChI=1S/C19H27N3O3/c20-18(24)22-10-4-7-16(14-22)17(23)21-11-8-19(25,9-12-21)13-15-5-2-1-3-6-15/h1-3,5-6,16,25H,4,7-14H2,(H2,20,24)/t16-/m0/s1. The minimum Gasteiger partial charge on any atom is -0.389 e. The number of nitrogens with two attached hydrogens (primary N) is 1. The van der Waals surface area contributed by atoms with Crippen LogP contribution in [0, 0.1) is 5.92 Å². The average Bonchev–Trinajstić information content (AvgIpc) is 2.62. The van der Waals surface area contributed by atoms with E-state index in [0.29, 0.717) is 45.4 Å². The number of hydrogen-bond donors (Lipinski definition) is 2. The summed E-state index contributed by atoms with van der Waals surface area (Å²) in [6.07, 6.45) is 3.40. The van der Waals surface area contributed by atoms with Gasteiger partial charge in [-0.2, -0.15) is 0 Å². The smallest absolute Gasteiger partial charge is 0.314 e. The Bertz CT molecular complexity index is 612. The van der Waals surface area contributed by atoms with Crippen molar-refractivity contribution in [2.24, 2.45) is 11.7 Å². The van der Waals surface area contributed by atoms with Crippen molar-refractivity contribution in [3.63, 3.8) is 0 Å². The predicted octanol–water partition coefficient (Wildman–Crippen LogP) is 1.37. The second-order valence-corrected chi connectivity index (χ2v) is 7.34. The minimum atomic E-state index is -0.746. The Kier molecular flexibility index (Phi) is 5.27. The van der Waals surface area contributed by atoms with Gasteiger partial charge in [-0.1, -0.05) is 30.3 Å². The zero-order valence-electron chi connectivity index (χ0n) is 14.6. The molecule has 1 aromatic rings. The molecule has 2 aliphatic heterocycles. The molecule has 0 unspecified atom stereocenters. The van der Waals surface area contributed by atoms with Gasteiger partial charge in [-0.3, -0.25) is 4.79 Å². The number of primary amides is 1. The van der Waals surface area contributed by atoms with E-state index in [4.69, 9.17) is 5.73 Å². The number of rotatable bonds is 3. The normalized spacial score (nSPS) is 23.3. The van der Waals surface area contributed by atoms with Gasteiger partial charge in [0.1, 0.15) is 0 Å². The monoisotopic (exact) mass is 345 g/mol. The van der Waals surface area contributed by atoms with Crippen LogP contribution in [0.25, 0.3) is 0 Å². The molecule has 6 heteroatoms. The third-order valence-electron chi connectivity index (χ3n) is 5.46. The van der Waals surface area contributed by atoms with Crippen LogP contribution >= 0.6 is 0 Å². The Hall–Kier alpha value is -2.08. The summed E-state index contributed by atoms with van der Waals surface area (Å²) in [5.74, 6) is -0.0747. The SMILES string of the molecule is NC(=O)N1CCC[C@H](C(=O)N2CCC(O)(Cc3ccccc3)CC2)C1. The molecule has 0 saturated carbocycles. The molecule has 136 valence electrons. The van der Waals surface area contributed by atoms with Gasteiger partial charge in [0.2, 0.25) is 5.91 Å². The molecule has 1 aromatic carbocycles. The fourth-order valence-corrected chi connectivity index (χ4v) is 3.93. The molecule has 2 aliphatic rings. The average molecular weight is 345 g/mol. The molecule has 0 aliphatic carbocycles. The zero-order valence-corrected chi connectivity index (χ0v) is 14.6. The van der Waals surface area contributed by atoms with Gasteiger partial charge >= 0.3 is 6.03 Å². The molecule has 0 aromatic heterocycles. The van der Waals surface area contributed by atoms with E-state index in [1.165, 1.54) is 0 Å². The lowest BCUT2D eigenvalue weighted by Gasteiger charge is -2.41. The van der Waals surface area contributed by atoms with E-state index in [1.54, 1.807) is 4.90 Å². The third kappa shape index (κ3) is 4.31. The molecule has 1 atom stereocenters. The van der Waals surface area contributed by atoms with E-state index in [2.05, 4.69) is 0 Å². The summed E-state index contributed by atoms with van der Waals surface area (Å²) < 4.78 is 0. The van der Waals surface area contributed by atoms with E-state index < -0.39 is 11.6 Å². The van der Waals surface area contributed by atoms with Crippen LogP contribution in [0.2, 0.25) is 0 Å². The van der Waals surface area contributed by atoms with Crippen LogP contribution in [0.5, 0.6) is 0 Å². The number of benzene rings is 1. The molecule has 0 radical (unpaired) electrons. The number of likely N-dealkylation sites (tertiary alicyclic amines) is 2. The first-order chi connectivity index (χ1) is 12.0. The van der Waals surface area contributed by atoms with Gasteiger partial charge in [0.25, 0.3) is 0 Å². The highest BCUT2D eigenvalue weighted by atomic mass is 16.3. The maximum Gasteiger partial charge on any atom is 0.314 e. The molecule has 2 heterocycles. The van der Waals surface area contributed by atoms with Crippen LogP contribution in [0.4, 0.5) is 4.79 Å². The quantitative estimate of drug-likeness (QED) is 0.867. The number of carbonyl (C=O) groups is 2. The summed E-state index contributed by atoms with van der Waals surface area (Å²) in [5.41, 5.74) is 5.72. The van der Waals surface area contributed by atoms with Gasteiger partial charge in [-0.05, 0) is 31.2 Å². The maximum absolute atomic E-state index is 12.8. The highest BCUT2D eigenvalue weighted by Gasteiger charge is 2.37. The van der Waals surface area contributed by atoms with Crippen molar-refractivity contribution in [3.8, 4) is 0 Å². The summed E-state index contributed by atoms with van der Waals surface area (Å²) >= 11 is 0. The second kappa shape index (κ2) is 7.44. The minimum absolute atomic E-state index is 0.0905. The summed E-state index contributed by atoms with van der Waals surface area (Å²) in [6.45, 7) is 2.18. The molecule has 3 amide bonds. The van der Waals surface area contributed by atoms with Gasteiger partial charge in [0, 0.05) is 32.6 Å². The molecule has 2 fully saturated rings. The van der Waals surface area contributed by atoms with Crippen molar-refractivity contribution < 1.29 is 14.7 Å². The van der Waals surface area contributed by atoms with Gasteiger partial charge in [0.15, 0.2) is 0 Å². The first-order valence-electron chi connectivity index (χ1n) is 9.06. The largest absolute Gasteiger partial charge is 0.389 e. The van der Waals surface area contributed by atoms with Crippen molar-refractivity contribution in [1.82, 2.24) is 9.80 Å². The number of nitrogens with zero attached hydrogens (tertiary/aromatic N) is 2. The number of aliphatic hydroxyl groups is 1. The third-order valence-corrected chi connectivity index (χ3v) is 5.46. The van der Waals surface area contributed by atoms with Crippen molar-refractivity contribution in [3.05, 3.63) is 35.9 Å². The molecule has 0 spiro atoms. The number of carbonyl (C=O) groups excluding carboxylic acids is 2. The molecule has 6 nitrogen and oxygen atoms in total. The molecular weight excluding hydrogens is 318 g/mol. The number of urea groups is 1. The second-order valence-electron chi connectivity index (χ2n) is 7.34. The Morgan fingerprint density at radius 1 is 1.12 bits per heavy atom. The zero-order chi connectivity index (χ0) is 17.9. The van der Waals surface area contributed by atoms with Gasteiger partial charge in [-0.15, -0.1) is 0 Å². The van der Waals surface area contributed by atoms with Crippen LogP contribution in [0.3, 0.4) is 0 Å². The lowest BCUT2D eigenvalue weighted by atomic mass is 9.84.